The van der Waals surface area contributed by atoms with Crippen molar-refractivity contribution in [3.63, 3.8) is 0 Å². The van der Waals surface area contributed by atoms with E-state index < -0.39 is 5.60 Å². The molecule has 1 atom stereocenters. The summed E-state index contributed by atoms with van der Waals surface area (Å²) in [6.07, 6.45) is 2.94. The van der Waals surface area contributed by atoms with Crippen molar-refractivity contribution in [1.29, 1.82) is 5.26 Å². The van der Waals surface area contributed by atoms with E-state index in [1.54, 1.807) is 7.11 Å². The second kappa shape index (κ2) is 8.88. The molecule has 2 aromatic heterocycles. The van der Waals surface area contributed by atoms with Gasteiger partial charge in [0, 0.05) is 32.8 Å². The first kappa shape index (κ1) is 19.9. The fourth-order valence-electron chi connectivity index (χ4n) is 2.69. The number of rotatable bonds is 7. The Morgan fingerprint density at radius 3 is 2.82 bits per heavy atom. The molecule has 10 heteroatoms. The normalized spacial score (nSPS) is 17.0. The Labute approximate surface area is 163 Å². The van der Waals surface area contributed by atoms with Crippen LogP contribution in [-0.4, -0.2) is 59.6 Å². The zero-order chi connectivity index (χ0) is 20.0. The van der Waals surface area contributed by atoms with Crippen LogP contribution < -0.4 is 16.0 Å². The van der Waals surface area contributed by atoms with Crippen LogP contribution in [0.15, 0.2) is 18.5 Å². The largest absolute Gasteiger partial charge is 0.381 e. The molecule has 0 spiro atoms. The minimum absolute atomic E-state index is 0.0706. The van der Waals surface area contributed by atoms with E-state index in [1.807, 2.05) is 26.0 Å². The van der Waals surface area contributed by atoms with Gasteiger partial charge in [0.25, 0.3) is 0 Å². The van der Waals surface area contributed by atoms with Gasteiger partial charge in [-0.1, -0.05) is 0 Å². The topological polar surface area (TPSA) is 130 Å². The first-order chi connectivity index (χ1) is 13.5. The van der Waals surface area contributed by atoms with Crippen LogP contribution in [0.1, 0.15) is 25.2 Å². The Kier molecular flexibility index (Phi) is 6.30. The van der Waals surface area contributed by atoms with Crippen LogP contribution in [0, 0.1) is 11.3 Å². The van der Waals surface area contributed by atoms with E-state index in [9.17, 15) is 0 Å². The molecule has 0 aromatic carbocycles. The zero-order valence-electron chi connectivity index (χ0n) is 16.2. The molecule has 3 N–H and O–H groups in total. The molecule has 0 aliphatic carbocycles. The summed E-state index contributed by atoms with van der Waals surface area (Å²) in [7, 11) is 1.64. The molecular weight excluding hydrogens is 360 g/mol. The number of methoxy groups -OCH3 is 1. The lowest BCUT2D eigenvalue weighted by atomic mass is 10.0. The van der Waals surface area contributed by atoms with E-state index in [-0.39, 0.29) is 11.8 Å². The Balaban J connectivity index is 1.80. The quantitative estimate of drug-likeness (QED) is 0.639. The maximum atomic E-state index is 8.82. The van der Waals surface area contributed by atoms with Gasteiger partial charge in [0.2, 0.25) is 0 Å². The second-order valence-corrected chi connectivity index (χ2v) is 6.81. The van der Waals surface area contributed by atoms with Crippen molar-refractivity contribution in [2.24, 2.45) is 0 Å². The van der Waals surface area contributed by atoms with Gasteiger partial charge < -0.3 is 25.4 Å². The molecule has 3 heterocycles. The Bertz CT molecular complexity index is 828. The molecule has 1 aliphatic heterocycles. The van der Waals surface area contributed by atoms with Crippen molar-refractivity contribution in [1.82, 2.24) is 25.5 Å². The maximum absolute atomic E-state index is 8.82. The number of morpholine rings is 1. The molecule has 0 amide bonds. The predicted molar refractivity (Wildman–Crippen MR) is 103 cm³/mol. The van der Waals surface area contributed by atoms with Crippen LogP contribution in [0.4, 0.5) is 17.3 Å². The number of hydrogen-bond donors (Lipinski definition) is 3. The highest BCUT2D eigenvalue weighted by atomic mass is 16.5. The number of aromatic nitrogens is 4. The molecule has 148 valence electrons. The summed E-state index contributed by atoms with van der Waals surface area (Å²) >= 11 is 0. The van der Waals surface area contributed by atoms with E-state index in [0.29, 0.717) is 30.5 Å². The average Bonchev–Trinajstić information content (AvgIpc) is 2.73. The van der Waals surface area contributed by atoms with Crippen LogP contribution >= 0.6 is 0 Å². The highest BCUT2D eigenvalue weighted by Gasteiger charge is 2.27. The molecule has 28 heavy (non-hydrogen) atoms. The van der Waals surface area contributed by atoms with Crippen LogP contribution in [0.5, 0.6) is 0 Å². The monoisotopic (exact) mass is 384 g/mol. The smallest absolute Gasteiger partial charge is 0.158 e. The molecule has 1 saturated heterocycles. The molecule has 2 aromatic rings. The standard InChI is InChI=1S/C18H24N8O2/c1-18(2,27-3)17-14(22-10-13-9-20-4-5-28-13)6-15(25-26-17)24-16-11-21-12(7-19)8-23-16/h6,8,11,13,20H,4-5,9-10H2,1-3H3,(H2,22,23,24,25)/t13-/m0/s1. The highest BCUT2D eigenvalue weighted by Crippen LogP contribution is 2.30. The third-order valence-electron chi connectivity index (χ3n) is 4.42. The third kappa shape index (κ3) is 4.89. The minimum atomic E-state index is -0.617. The zero-order valence-corrected chi connectivity index (χ0v) is 16.2. The van der Waals surface area contributed by atoms with E-state index >= 15 is 0 Å². The van der Waals surface area contributed by atoms with Gasteiger partial charge in [-0.2, -0.15) is 5.26 Å². The number of nitriles is 1. The molecular formula is C18H24N8O2. The number of hydrogen-bond acceptors (Lipinski definition) is 10. The SMILES string of the molecule is COC(C)(C)c1nnc(Nc2cnc(C#N)cn2)cc1NC[C@@H]1CNCCO1. The number of nitrogens with zero attached hydrogens (tertiary/aromatic N) is 5. The minimum Gasteiger partial charge on any atom is -0.381 e. The molecule has 0 unspecified atom stereocenters. The fraction of sp³-hybridized carbons (Fsp3) is 0.500. The van der Waals surface area contributed by atoms with Crippen molar-refractivity contribution in [2.45, 2.75) is 25.6 Å². The molecule has 10 nitrogen and oxygen atoms in total. The summed E-state index contributed by atoms with van der Waals surface area (Å²) in [6.45, 7) is 6.85. The average molecular weight is 384 g/mol. The Morgan fingerprint density at radius 1 is 1.32 bits per heavy atom. The first-order valence-electron chi connectivity index (χ1n) is 9.00. The molecule has 0 radical (unpaired) electrons. The number of nitrogens with one attached hydrogen (secondary N) is 3. The van der Waals surface area contributed by atoms with Crippen molar-refractivity contribution < 1.29 is 9.47 Å². The van der Waals surface area contributed by atoms with Crippen molar-refractivity contribution in [3.8, 4) is 6.07 Å². The maximum Gasteiger partial charge on any atom is 0.158 e. The lowest BCUT2D eigenvalue weighted by Gasteiger charge is -2.27. The van der Waals surface area contributed by atoms with Crippen LogP contribution in [0.3, 0.4) is 0 Å². The van der Waals surface area contributed by atoms with Gasteiger partial charge in [-0.25, -0.2) is 9.97 Å². The second-order valence-electron chi connectivity index (χ2n) is 6.81. The highest BCUT2D eigenvalue weighted by molar-refractivity contribution is 5.60. The lowest BCUT2D eigenvalue weighted by molar-refractivity contribution is 0.0151. The van der Waals surface area contributed by atoms with Gasteiger partial charge in [-0.15, -0.1) is 10.2 Å². The molecule has 1 aliphatic rings. The molecule has 3 rings (SSSR count). The number of anilines is 3. The van der Waals surface area contributed by atoms with Crippen LogP contribution in [0.25, 0.3) is 0 Å². The van der Waals surface area contributed by atoms with Gasteiger partial charge >= 0.3 is 0 Å². The summed E-state index contributed by atoms with van der Waals surface area (Å²) in [5.74, 6) is 0.970. The van der Waals surface area contributed by atoms with Crippen molar-refractivity contribution >= 4 is 17.3 Å². The summed E-state index contributed by atoms with van der Waals surface area (Å²) < 4.78 is 11.3. The van der Waals surface area contributed by atoms with Gasteiger partial charge in [0.05, 0.1) is 30.8 Å². The van der Waals surface area contributed by atoms with Gasteiger partial charge in [0.1, 0.15) is 23.2 Å². The number of ether oxygens (including phenoxy) is 2. The summed E-state index contributed by atoms with van der Waals surface area (Å²) in [6, 6.07) is 3.78. The summed E-state index contributed by atoms with van der Waals surface area (Å²) in [4.78, 5) is 8.13. The first-order valence-corrected chi connectivity index (χ1v) is 9.00. The van der Waals surface area contributed by atoms with Gasteiger partial charge in [0.15, 0.2) is 11.5 Å². The van der Waals surface area contributed by atoms with Gasteiger partial charge in [-0.05, 0) is 13.8 Å². The third-order valence-corrected chi connectivity index (χ3v) is 4.42. The van der Waals surface area contributed by atoms with Crippen LogP contribution in [0.2, 0.25) is 0 Å². The summed E-state index contributed by atoms with van der Waals surface area (Å²) in [5.41, 5.74) is 1.11. The molecule has 1 fully saturated rings. The van der Waals surface area contributed by atoms with Crippen molar-refractivity contribution in [2.75, 3.05) is 44.0 Å². The van der Waals surface area contributed by atoms with E-state index in [2.05, 4.69) is 36.1 Å². The van der Waals surface area contributed by atoms with Crippen LogP contribution in [-0.2, 0) is 15.1 Å². The van der Waals surface area contributed by atoms with Crippen molar-refractivity contribution in [3.05, 3.63) is 29.8 Å². The molecule has 0 bridgehead atoms. The molecule has 0 saturated carbocycles. The summed E-state index contributed by atoms with van der Waals surface area (Å²) in [5, 5.41) is 27.2. The lowest BCUT2D eigenvalue weighted by Crippen LogP contribution is -2.42. The predicted octanol–water partition coefficient (Wildman–Crippen LogP) is 1.16. The van der Waals surface area contributed by atoms with Gasteiger partial charge in [-0.3, -0.25) is 0 Å². The van der Waals surface area contributed by atoms with E-state index in [0.717, 1.165) is 18.8 Å². The Hall–Kier alpha value is -2.87. The van der Waals surface area contributed by atoms with E-state index in [4.69, 9.17) is 14.7 Å². The fourth-order valence-corrected chi connectivity index (χ4v) is 2.69. The Morgan fingerprint density at radius 2 is 2.18 bits per heavy atom. The van der Waals surface area contributed by atoms with E-state index in [1.165, 1.54) is 12.4 Å².